The Bertz CT molecular complexity index is 932. The lowest BCUT2D eigenvalue weighted by Gasteiger charge is -2.35. The van der Waals surface area contributed by atoms with Gasteiger partial charge in [-0.1, -0.05) is 6.07 Å². The summed E-state index contributed by atoms with van der Waals surface area (Å²) in [6, 6.07) is 6.73. The minimum Gasteiger partial charge on any atom is -0.507 e. The molecule has 0 bridgehead atoms. The third-order valence-electron chi connectivity index (χ3n) is 5.21. The molecule has 6 atom stereocenters. The van der Waals surface area contributed by atoms with Crippen LogP contribution in [0.15, 0.2) is 30.3 Å². The van der Waals surface area contributed by atoms with Crippen LogP contribution in [0.5, 0.6) is 28.7 Å². The first-order valence-electron chi connectivity index (χ1n) is 9.29. The van der Waals surface area contributed by atoms with Crippen LogP contribution in [0, 0.1) is 0 Å². The number of phenolic OH excluding ortho intramolecular Hbond substituents is 3. The van der Waals surface area contributed by atoms with E-state index in [4.69, 9.17) is 14.2 Å². The first-order valence-corrected chi connectivity index (χ1v) is 9.29. The van der Waals surface area contributed by atoms with Gasteiger partial charge in [0.1, 0.15) is 41.7 Å². The highest BCUT2D eigenvalue weighted by molar-refractivity contribution is 5.52. The maximum absolute atomic E-state index is 10.5. The van der Waals surface area contributed by atoms with Gasteiger partial charge in [0, 0.05) is 24.1 Å². The van der Waals surface area contributed by atoms with E-state index in [1.807, 2.05) is 0 Å². The van der Waals surface area contributed by atoms with Crippen molar-refractivity contribution in [3.8, 4) is 28.7 Å². The topological polar surface area (TPSA) is 169 Å². The molecule has 2 heterocycles. The number of fused-ring (bicyclic) bond motifs is 1. The zero-order valence-corrected chi connectivity index (χ0v) is 15.6. The molecule has 2 aromatic carbocycles. The standard InChI is InChI=1S/C20H22O10/c21-11-2-1-8(3-13(11)23)19-14(24)6-10-12(22)4-9(5-16(10)30-19)29-20-18(27)17(26)15(25)7-28-20/h1-5,14-15,17-27H,6-7H2/t14-,15+,17-,18+,19-,20+/m0/s1. The Morgan fingerprint density at radius 3 is 2.33 bits per heavy atom. The monoisotopic (exact) mass is 422 g/mol. The summed E-state index contributed by atoms with van der Waals surface area (Å²) in [4.78, 5) is 0. The van der Waals surface area contributed by atoms with E-state index in [2.05, 4.69) is 0 Å². The van der Waals surface area contributed by atoms with Crippen LogP contribution in [0.4, 0.5) is 0 Å². The summed E-state index contributed by atoms with van der Waals surface area (Å²) >= 11 is 0. The normalized spacial score (nSPS) is 30.9. The Morgan fingerprint density at radius 1 is 0.833 bits per heavy atom. The summed E-state index contributed by atoms with van der Waals surface area (Å²) in [5, 5.41) is 69.3. The van der Waals surface area contributed by atoms with Gasteiger partial charge >= 0.3 is 0 Å². The predicted molar refractivity (Wildman–Crippen MR) is 99.3 cm³/mol. The smallest absolute Gasteiger partial charge is 0.228 e. The minimum atomic E-state index is -1.51. The van der Waals surface area contributed by atoms with Gasteiger partial charge in [-0.15, -0.1) is 0 Å². The molecule has 162 valence electrons. The van der Waals surface area contributed by atoms with Gasteiger partial charge in [-0.05, 0) is 17.7 Å². The Morgan fingerprint density at radius 2 is 1.60 bits per heavy atom. The van der Waals surface area contributed by atoms with Crippen molar-refractivity contribution < 1.29 is 50.0 Å². The van der Waals surface area contributed by atoms with E-state index < -0.39 is 36.8 Å². The first kappa shape index (κ1) is 20.5. The van der Waals surface area contributed by atoms with Crippen LogP contribution in [-0.2, 0) is 11.2 Å². The maximum Gasteiger partial charge on any atom is 0.228 e. The van der Waals surface area contributed by atoms with Gasteiger partial charge in [-0.25, -0.2) is 0 Å². The number of phenols is 3. The molecule has 2 aliphatic rings. The number of benzene rings is 2. The highest BCUT2D eigenvalue weighted by Gasteiger charge is 2.39. The Labute approximate surface area is 170 Å². The van der Waals surface area contributed by atoms with Crippen LogP contribution in [-0.4, -0.2) is 73.1 Å². The number of aromatic hydroxyl groups is 3. The Hall–Kier alpha value is -2.76. The molecular weight excluding hydrogens is 400 g/mol. The average Bonchev–Trinajstić information content (AvgIpc) is 2.71. The molecule has 0 amide bonds. The number of hydrogen-bond acceptors (Lipinski definition) is 10. The molecule has 2 aliphatic heterocycles. The first-order chi connectivity index (χ1) is 14.2. The molecular formula is C20H22O10. The number of aliphatic hydroxyl groups excluding tert-OH is 4. The lowest BCUT2D eigenvalue weighted by Crippen LogP contribution is -2.54. The van der Waals surface area contributed by atoms with E-state index in [1.165, 1.54) is 30.3 Å². The molecule has 10 heteroatoms. The summed E-state index contributed by atoms with van der Waals surface area (Å²) in [6.07, 6.45) is -7.34. The molecule has 0 aromatic heterocycles. The van der Waals surface area contributed by atoms with Gasteiger partial charge in [0.05, 0.1) is 12.7 Å². The molecule has 0 spiro atoms. The maximum atomic E-state index is 10.5. The molecule has 0 aliphatic carbocycles. The molecule has 1 saturated heterocycles. The SMILES string of the molecule is Oc1ccc([C@@H]2Oc3cc(O[C@H]4OC[C@@H](O)[C@H](O)[C@H]4O)cc(O)c3C[C@@H]2O)cc1O. The number of rotatable bonds is 3. The highest BCUT2D eigenvalue weighted by atomic mass is 16.7. The van der Waals surface area contributed by atoms with Gasteiger partial charge in [0.2, 0.25) is 6.29 Å². The molecule has 0 radical (unpaired) electrons. The van der Waals surface area contributed by atoms with Gasteiger partial charge in [-0.2, -0.15) is 0 Å². The fourth-order valence-corrected chi connectivity index (χ4v) is 3.54. The van der Waals surface area contributed by atoms with Crippen LogP contribution in [0.2, 0.25) is 0 Å². The van der Waals surface area contributed by atoms with Crippen molar-refractivity contribution in [2.75, 3.05) is 6.61 Å². The van der Waals surface area contributed by atoms with Crippen molar-refractivity contribution in [2.45, 2.75) is 43.2 Å². The lowest BCUT2D eigenvalue weighted by molar-refractivity contribution is -0.242. The summed E-state index contributed by atoms with van der Waals surface area (Å²) in [7, 11) is 0. The fraction of sp³-hybridized carbons (Fsp3) is 0.400. The largest absolute Gasteiger partial charge is 0.507 e. The van der Waals surface area contributed by atoms with E-state index in [9.17, 15) is 35.7 Å². The fourth-order valence-electron chi connectivity index (χ4n) is 3.54. The zero-order chi connectivity index (χ0) is 21.6. The number of hydrogen-bond donors (Lipinski definition) is 7. The summed E-state index contributed by atoms with van der Waals surface area (Å²) in [5.41, 5.74) is 0.757. The van der Waals surface area contributed by atoms with Gasteiger partial charge in [-0.3, -0.25) is 0 Å². The van der Waals surface area contributed by atoms with E-state index in [-0.39, 0.29) is 41.8 Å². The van der Waals surface area contributed by atoms with Crippen molar-refractivity contribution in [3.05, 3.63) is 41.5 Å². The molecule has 30 heavy (non-hydrogen) atoms. The molecule has 0 unspecified atom stereocenters. The van der Waals surface area contributed by atoms with E-state index in [0.717, 1.165) is 0 Å². The predicted octanol–water partition coefficient (Wildman–Crippen LogP) is -0.342. The number of aliphatic hydroxyl groups is 4. The summed E-state index contributed by atoms with van der Waals surface area (Å²) in [5.74, 6) is -0.602. The van der Waals surface area contributed by atoms with Crippen LogP contribution >= 0.6 is 0 Å². The van der Waals surface area contributed by atoms with E-state index >= 15 is 0 Å². The molecule has 1 fully saturated rings. The molecule has 2 aromatic rings. The molecule has 0 saturated carbocycles. The van der Waals surface area contributed by atoms with Crippen molar-refractivity contribution in [3.63, 3.8) is 0 Å². The van der Waals surface area contributed by atoms with E-state index in [0.29, 0.717) is 11.1 Å². The highest BCUT2D eigenvalue weighted by Crippen LogP contribution is 2.43. The molecule has 7 N–H and O–H groups in total. The molecule has 10 nitrogen and oxygen atoms in total. The molecule has 4 rings (SSSR count). The van der Waals surface area contributed by atoms with Crippen LogP contribution in [0.1, 0.15) is 17.2 Å². The van der Waals surface area contributed by atoms with Gasteiger partial charge in [0.25, 0.3) is 0 Å². The van der Waals surface area contributed by atoms with Crippen molar-refractivity contribution in [1.29, 1.82) is 0 Å². The van der Waals surface area contributed by atoms with Gasteiger partial charge in [0.15, 0.2) is 11.5 Å². The number of ether oxygens (including phenoxy) is 3. The third kappa shape index (κ3) is 3.71. The minimum absolute atomic E-state index is 0.0568. The quantitative estimate of drug-likeness (QED) is 0.325. The van der Waals surface area contributed by atoms with Crippen LogP contribution < -0.4 is 9.47 Å². The average molecular weight is 422 g/mol. The van der Waals surface area contributed by atoms with Crippen LogP contribution in [0.3, 0.4) is 0 Å². The van der Waals surface area contributed by atoms with Crippen molar-refractivity contribution in [1.82, 2.24) is 0 Å². The van der Waals surface area contributed by atoms with Crippen molar-refractivity contribution in [2.24, 2.45) is 0 Å². The van der Waals surface area contributed by atoms with E-state index in [1.54, 1.807) is 0 Å². The summed E-state index contributed by atoms with van der Waals surface area (Å²) < 4.78 is 16.5. The third-order valence-corrected chi connectivity index (χ3v) is 5.21. The second-order valence-electron chi connectivity index (χ2n) is 7.35. The van der Waals surface area contributed by atoms with Gasteiger partial charge < -0.3 is 50.0 Å². The van der Waals surface area contributed by atoms with Crippen LogP contribution in [0.25, 0.3) is 0 Å². The second-order valence-corrected chi connectivity index (χ2v) is 7.35. The Kier molecular flexibility index (Phi) is 5.35. The summed E-state index contributed by atoms with van der Waals surface area (Å²) in [6.45, 7) is -0.241. The lowest BCUT2D eigenvalue weighted by atomic mass is 9.94. The Balaban J connectivity index is 1.58. The zero-order valence-electron chi connectivity index (χ0n) is 15.6. The second kappa shape index (κ2) is 7.82. The van der Waals surface area contributed by atoms with Crippen molar-refractivity contribution >= 4 is 0 Å².